The molecule has 19 heavy (non-hydrogen) atoms. The van der Waals surface area contributed by atoms with E-state index in [0.717, 1.165) is 31.7 Å². The smallest absolute Gasteiger partial charge is 0.254 e. The van der Waals surface area contributed by atoms with E-state index in [4.69, 9.17) is 5.73 Å². The average Bonchev–Trinajstić information content (AvgIpc) is 2.65. The van der Waals surface area contributed by atoms with E-state index in [1.165, 1.54) is 0 Å². The minimum absolute atomic E-state index is 0.178. The van der Waals surface area contributed by atoms with E-state index < -0.39 is 5.91 Å². The summed E-state index contributed by atoms with van der Waals surface area (Å²) < 4.78 is 1.76. The van der Waals surface area contributed by atoms with Crippen LogP contribution in [0.25, 0.3) is 0 Å². The number of aryl methyl sites for hydroxylation is 2. The number of hydrogen-bond donors (Lipinski definition) is 2. The van der Waals surface area contributed by atoms with E-state index in [1.807, 2.05) is 21.0 Å². The highest BCUT2D eigenvalue weighted by molar-refractivity contribution is 5.99. The maximum atomic E-state index is 11.6. The van der Waals surface area contributed by atoms with E-state index in [2.05, 4.69) is 22.2 Å². The molecule has 0 unspecified atom stereocenters. The van der Waals surface area contributed by atoms with Crippen LogP contribution in [0.15, 0.2) is 0 Å². The van der Waals surface area contributed by atoms with Crippen molar-refractivity contribution in [3.63, 3.8) is 0 Å². The molecule has 0 atom stereocenters. The molecule has 0 bridgehead atoms. The number of nitrogens with zero attached hydrogens (tertiary/aromatic N) is 3. The third kappa shape index (κ3) is 2.45. The van der Waals surface area contributed by atoms with E-state index in [1.54, 1.807) is 4.68 Å². The number of carbonyl (C=O) groups is 1. The number of nitrogens with two attached hydrogens (primary N) is 1. The number of rotatable bonds is 3. The normalized spacial score (nSPS) is 18.6. The quantitative estimate of drug-likeness (QED) is 0.830. The van der Waals surface area contributed by atoms with Crippen LogP contribution < -0.4 is 16.0 Å². The molecular formula is C13H23N5O. The Morgan fingerprint density at radius 2 is 2.00 bits per heavy atom. The second-order valence-electron chi connectivity index (χ2n) is 5.57. The van der Waals surface area contributed by atoms with Gasteiger partial charge in [-0.25, -0.2) is 0 Å². The van der Waals surface area contributed by atoms with Crippen molar-refractivity contribution < 1.29 is 4.79 Å². The van der Waals surface area contributed by atoms with E-state index >= 15 is 0 Å². The average molecular weight is 265 g/mol. The zero-order chi connectivity index (χ0) is 14.2. The van der Waals surface area contributed by atoms with Gasteiger partial charge in [-0.3, -0.25) is 9.48 Å². The van der Waals surface area contributed by atoms with E-state index in [-0.39, 0.29) is 5.54 Å². The van der Waals surface area contributed by atoms with Gasteiger partial charge in [-0.1, -0.05) is 0 Å². The number of primary amides is 1. The van der Waals surface area contributed by atoms with Gasteiger partial charge in [0.25, 0.3) is 5.91 Å². The Hall–Kier alpha value is -1.56. The molecule has 2 rings (SSSR count). The van der Waals surface area contributed by atoms with Gasteiger partial charge in [0.05, 0.1) is 5.69 Å². The molecule has 1 aromatic heterocycles. The molecule has 1 amide bonds. The Morgan fingerprint density at radius 3 is 2.47 bits per heavy atom. The monoisotopic (exact) mass is 265 g/mol. The van der Waals surface area contributed by atoms with Crippen LogP contribution in [0.4, 0.5) is 5.82 Å². The van der Waals surface area contributed by atoms with Gasteiger partial charge in [0.1, 0.15) is 11.4 Å². The van der Waals surface area contributed by atoms with Crippen LogP contribution in [-0.4, -0.2) is 41.4 Å². The second-order valence-corrected chi connectivity index (χ2v) is 5.57. The van der Waals surface area contributed by atoms with Gasteiger partial charge >= 0.3 is 0 Å². The van der Waals surface area contributed by atoms with Crippen LogP contribution in [0.1, 0.15) is 35.8 Å². The van der Waals surface area contributed by atoms with Crippen molar-refractivity contribution in [2.45, 2.75) is 32.2 Å². The third-order valence-corrected chi connectivity index (χ3v) is 4.21. The fourth-order valence-corrected chi connectivity index (χ4v) is 2.76. The first-order chi connectivity index (χ1) is 8.88. The van der Waals surface area contributed by atoms with Gasteiger partial charge in [0.2, 0.25) is 0 Å². The van der Waals surface area contributed by atoms with Crippen molar-refractivity contribution in [1.82, 2.24) is 15.1 Å². The molecule has 0 spiro atoms. The largest absolute Gasteiger partial charge is 0.365 e. The summed E-state index contributed by atoms with van der Waals surface area (Å²) in [6.07, 6.45) is 2.07. The van der Waals surface area contributed by atoms with Crippen LogP contribution in [-0.2, 0) is 7.05 Å². The molecule has 1 saturated heterocycles. The summed E-state index contributed by atoms with van der Waals surface area (Å²) in [5, 5.41) is 7.69. The zero-order valence-corrected chi connectivity index (χ0v) is 12.2. The Morgan fingerprint density at radius 1 is 1.42 bits per heavy atom. The lowest BCUT2D eigenvalue weighted by molar-refractivity contribution is 0.1000. The predicted molar refractivity (Wildman–Crippen MR) is 75.4 cm³/mol. The summed E-state index contributed by atoms with van der Waals surface area (Å²) in [5.74, 6) is 0.450. The lowest BCUT2D eigenvalue weighted by Gasteiger charge is -2.40. The number of piperidine rings is 1. The topological polar surface area (TPSA) is 76.2 Å². The van der Waals surface area contributed by atoms with Crippen LogP contribution in [0.5, 0.6) is 0 Å². The van der Waals surface area contributed by atoms with Gasteiger partial charge in [0, 0.05) is 25.7 Å². The van der Waals surface area contributed by atoms with Crippen LogP contribution in [0.2, 0.25) is 0 Å². The SMILES string of the molecule is CNC1(C)CCN(c2c(C(N)=O)c(C)nn2C)CC1. The van der Waals surface area contributed by atoms with Crippen molar-refractivity contribution in [2.75, 3.05) is 25.0 Å². The number of nitrogens with one attached hydrogen (secondary N) is 1. The van der Waals surface area contributed by atoms with Gasteiger partial charge < -0.3 is 16.0 Å². The number of hydrogen-bond acceptors (Lipinski definition) is 4. The van der Waals surface area contributed by atoms with Gasteiger partial charge in [-0.15, -0.1) is 0 Å². The minimum atomic E-state index is -0.400. The molecule has 3 N–H and O–H groups in total. The fraction of sp³-hybridized carbons (Fsp3) is 0.692. The molecule has 0 saturated carbocycles. The van der Waals surface area contributed by atoms with Crippen molar-refractivity contribution in [3.05, 3.63) is 11.3 Å². The maximum absolute atomic E-state index is 11.6. The molecule has 6 heteroatoms. The molecule has 1 aromatic rings. The Balaban J connectivity index is 2.27. The highest BCUT2D eigenvalue weighted by atomic mass is 16.1. The third-order valence-electron chi connectivity index (χ3n) is 4.21. The van der Waals surface area contributed by atoms with Crippen LogP contribution >= 0.6 is 0 Å². The molecule has 106 valence electrons. The molecular weight excluding hydrogens is 242 g/mol. The minimum Gasteiger partial charge on any atom is -0.365 e. The van der Waals surface area contributed by atoms with E-state index in [9.17, 15) is 4.79 Å². The van der Waals surface area contributed by atoms with Crippen LogP contribution in [0, 0.1) is 6.92 Å². The molecule has 1 fully saturated rings. The highest BCUT2D eigenvalue weighted by Gasteiger charge is 2.31. The van der Waals surface area contributed by atoms with Gasteiger partial charge in [0.15, 0.2) is 0 Å². The van der Waals surface area contributed by atoms with Crippen molar-refractivity contribution in [2.24, 2.45) is 12.8 Å². The Kier molecular flexibility index (Phi) is 3.54. The molecule has 0 aromatic carbocycles. The zero-order valence-electron chi connectivity index (χ0n) is 12.2. The van der Waals surface area contributed by atoms with E-state index in [0.29, 0.717) is 11.3 Å². The lowest BCUT2D eigenvalue weighted by Crippen LogP contribution is -2.50. The first-order valence-corrected chi connectivity index (χ1v) is 6.65. The lowest BCUT2D eigenvalue weighted by atomic mass is 9.90. The molecule has 6 nitrogen and oxygen atoms in total. The molecule has 1 aliphatic rings. The molecule has 2 heterocycles. The summed E-state index contributed by atoms with van der Waals surface area (Å²) in [4.78, 5) is 13.8. The maximum Gasteiger partial charge on any atom is 0.254 e. The molecule has 0 aliphatic carbocycles. The summed E-state index contributed by atoms with van der Waals surface area (Å²) in [6, 6.07) is 0. The fourth-order valence-electron chi connectivity index (χ4n) is 2.76. The Labute approximate surface area is 113 Å². The summed E-state index contributed by atoms with van der Waals surface area (Å²) in [6.45, 7) is 5.85. The van der Waals surface area contributed by atoms with Crippen LogP contribution in [0.3, 0.4) is 0 Å². The number of anilines is 1. The Bertz CT molecular complexity index is 485. The number of amides is 1. The first-order valence-electron chi connectivity index (χ1n) is 6.65. The van der Waals surface area contributed by atoms with Crippen molar-refractivity contribution in [1.29, 1.82) is 0 Å². The first kappa shape index (κ1) is 13.9. The summed E-state index contributed by atoms with van der Waals surface area (Å²) in [5.41, 5.74) is 6.91. The van der Waals surface area contributed by atoms with Gasteiger partial charge in [-0.2, -0.15) is 5.10 Å². The molecule has 1 aliphatic heterocycles. The number of aromatic nitrogens is 2. The predicted octanol–water partition coefficient (Wildman–Crippen LogP) is 0.406. The standard InChI is InChI=1S/C13H23N5O/c1-9-10(11(14)19)12(17(4)16-9)18-7-5-13(2,15-3)6-8-18/h15H,5-8H2,1-4H3,(H2,14,19). The van der Waals surface area contributed by atoms with Gasteiger partial charge in [-0.05, 0) is 33.7 Å². The highest BCUT2D eigenvalue weighted by Crippen LogP contribution is 2.29. The van der Waals surface area contributed by atoms with Crippen molar-refractivity contribution in [3.8, 4) is 0 Å². The number of carbonyl (C=O) groups excluding carboxylic acids is 1. The summed E-state index contributed by atoms with van der Waals surface area (Å²) >= 11 is 0. The summed E-state index contributed by atoms with van der Waals surface area (Å²) in [7, 11) is 3.86. The molecule has 0 radical (unpaired) electrons. The van der Waals surface area contributed by atoms with Crippen molar-refractivity contribution >= 4 is 11.7 Å². The second kappa shape index (κ2) is 4.85.